The molecule has 4 N–H and O–H groups in total. The van der Waals surface area contributed by atoms with E-state index in [9.17, 15) is 14.7 Å². The zero-order valence-electron chi connectivity index (χ0n) is 19.4. The highest BCUT2D eigenvalue weighted by molar-refractivity contribution is 8.93. The van der Waals surface area contributed by atoms with Gasteiger partial charge in [-0.1, -0.05) is 26.8 Å². The summed E-state index contributed by atoms with van der Waals surface area (Å²) in [6.45, 7) is 8.35. The predicted octanol–water partition coefficient (Wildman–Crippen LogP) is 3.64. The molecule has 2 aromatic rings. The van der Waals surface area contributed by atoms with Gasteiger partial charge in [0.05, 0.1) is 13.2 Å². The molecule has 0 spiro atoms. The van der Waals surface area contributed by atoms with E-state index in [-0.39, 0.29) is 59.7 Å². The monoisotopic (exact) mass is 518 g/mol. The number of phenols is 1. The molecule has 0 atom stereocenters. The molecule has 1 aliphatic heterocycles. The molecule has 2 heterocycles. The highest BCUT2D eigenvalue weighted by atomic mass is 79.9. The summed E-state index contributed by atoms with van der Waals surface area (Å²) in [6, 6.07) is 7.04. The number of aromatic nitrogens is 1. The molecule has 8 nitrogen and oxygen atoms in total. The number of ketones is 1. The van der Waals surface area contributed by atoms with Gasteiger partial charge in [0.25, 0.3) is 0 Å². The standard InChI is InChI=1S/C24H30N4O4.BrH/c1-14-7-8-15-12-28(23(26)21(15)27-14)13-18(29)16-10-17(24(2,3)4)22(31)19(11-16)32-9-5-6-20(25)30;/h7-8,10-11,26,31H,5-6,9,12-13H2,1-4H3,(H2,25,30);1H. The van der Waals surface area contributed by atoms with Crippen molar-refractivity contribution in [3.63, 3.8) is 0 Å². The lowest BCUT2D eigenvalue weighted by Crippen LogP contribution is -2.30. The van der Waals surface area contributed by atoms with Gasteiger partial charge in [-0.05, 0) is 37.0 Å². The van der Waals surface area contributed by atoms with Crippen LogP contribution in [0.5, 0.6) is 11.5 Å². The molecule has 0 fully saturated rings. The van der Waals surface area contributed by atoms with Crippen LogP contribution < -0.4 is 10.5 Å². The second-order valence-electron chi connectivity index (χ2n) is 9.13. The van der Waals surface area contributed by atoms with Crippen molar-refractivity contribution in [1.29, 1.82) is 5.41 Å². The van der Waals surface area contributed by atoms with E-state index in [4.69, 9.17) is 15.9 Å². The number of phenolic OH excluding ortho intramolecular Hbond substituents is 1. The number of Topliss-reactive ketones (excluding diaryl/α,β-unsaturated/α-hetero) is 1. The van der Waals surface area contributed by atoms with Crippen LogP contribution in [0.25, 0.3) is 0 Å². The van der Waals surface area contributed by atoms with Crippen molar-refractivity contribution >= 4 is 34.5 Å². The number of carbonyl (C=O) groups is 2. The van der Waals surface area contributed by atoms with Crippen molar-refractivity contribution in [3.8, 4) is 11.5 Å². The Balaban J connectivity index is 0.00000385. The lowest BCUT2D eigenvalue weighted by molar-refractivity contribution is -0.118. The SMILES string of the molecule is Br.Cc1ccc2c(n1)C(=N)N(CC(=O)c1cc(OCCCC(N)=O)c(O)c(C(C)(C)C)c1)C2. The van der Waals surface area contributed by atoms with Crippen LogP contribution in [0.2, 0.25) is 0 Å². The van der Waals surface area contributed by atoms with Crippen LogP contribution in [0.15, 0.2) is 24.3 Å². The number of carbonyl (C=O) groups excluding carboxylic acids is 2. The number of amidine groups is 1. The van der Waals surface area contributed by atoms with Crippen molar-refractivity contribution in [3.05, 3.63) is 52.3 Å². The largest absolute Gasteiger partial charge is 0.504 e. The molecule has 9 heteroatoms. The van der Waals surface area contributed by atoms with Crippen molar-refractivity contribution < 1.29 is 19.4 Å². The molecule has 0 bridgehead atoms. The molecule has 0 radical (unpaired) electrons. The third-order valence-corrected chi connectivity index (χ3v) is 5.38. The average Bonchev–Trinajstić information content (AvgIpc) is 3.00. The van der Waals surface area contributed by atoms with Crippen LogP contribution >= 0.6 is 17.0 Å². The first-order valence-corrected chi connectivity index (χ1v) is 10.6. The van der Waals surface area contributed by atoms with Crippen LogP contribution in [-0.2, 0) is 16.8 Å². The molecule has 1 aromatic carbocycles. The average molecular weight is 519 g/mol. The molecule has 0 saturated carbocycles. The Labute approximate surface area is 204 Å². The minimum absolute atomic E-state index is 0. The van der Waals surface area contributed by atoms with Crippen LogP contribution in [0, 0.1) is 12.3 Å². The van der Waals surface area contributed by atoms with Gasteiger partial charge in [-0.15, -0.1) is 17.0 Å². The molecule has 0 aliphatic carbocycles. The molecule has 178 valence electrons. The summed E-state index contributed by atoms with van der Waals surface area (Å²) in [5, 5.41) is 19.1. The summed E-state index contributed by atoms with van der Waals surface area (Å²) in [7, 11) is 0. The molecule has 0 unspecified atom stereocenters. The third-order valence-electron chi connectivity index (χ3n) is 5.38. The maximum atomic E-state index is 13.2. The molecule has 3 rings (SSSR count). The van der Waals surface area contributed by atoms with Crippen molar-refractivity contribution in [2.24, 2.45) is 5.73 Å². The number of ether oxygens (including phenoxy) is 1. The summed E-state index contributed by atoms with van der Waals surface area (Å²) in [5.74, 6) is -0.200. The molecule has 0 saturated heterocycles. The van der Waals surface area contributed by atoms with E-state index in [0.717, 1.165) is 11.3 Å². The zero-order chi connectivity index (χ0) is 23.6. The molecule has 33 heavy (non-hydrogen) atoms. The number of amides is 1. The summed E-state index contributed by atoms with van der Waals surface area (Å²) >= 11 is 0. The first-order valence-electron chi connectivity index (χ1n) is 10.6. The van der Waals surface area contributed by atoms with E-state index >= 15 is 0 Å². The second-order valence-corrected chi connectivity index (χ2v) is 9.13. The van der Waals surface area contributed by atoms with Gasteiger partial charge in [0.1, 0.15) is 11.5 Å². The quantitative estimate of drug-likeness (QED) is 0.361. The van der Waals surface area contributed by atoms with Crippen molar-refractivity contribution in [2.45, 2.75) is 52.5 Å². The summed E-state index contributed by atoms with van der Waals surface area (Å²) in [5.41, 5.74) is 8.08. The van der Waals surface area contributed by atoms with E-state index in [1.165, 1.54) is 6.07 Å². The van der Waals surface area contributed by atoms with Crippen molar-refractivity contribution in [1.82, 2.24) is 9.88 Å². The Morgan fingerprint density at radius 2 is 1.97 bits per heavy atom. The van der Waals surface area contributed by atoms with Gasteiger partial charge in [0.2, 0.25) is 5.91 Å². The fourth-order valence-electron chi connectivity index (χ4n) is 3.63. The van der Waals surface area contributed by atoms with Gasteiger partial charge in [-0.25, -0.2) is 4.98 Å². The Morgan fingerprint density at radius 1 is 1.27 bits per heavy atom. The van der Waals surface area contributed by atoms with Gasteiger partial charge in [0, 0.05) is 35.3 Å². The number of fused-ring (bicyclic) bond motifs is 1. The zero-order valence-corrected chi connectivity index (χ0v) is 21.1. The Bertz CT molecular complexity index is 1080. The maximum Gasteiger partial charge on any atom is 0.217 e. The van der Waals surface area contributed by atoms with E-state index in [1.54, 1.807) is 11.0 Å². The first-order chi connectivity index (χ1) is 15.0. The van der Waals surface area contributed by atoms with Gasteiger partial charge in [-0.3, -0.25) is 15.0 Å². The number of rotatable bonds is 8. The minimum atomic E-state index is -0.427. The summed E-state index contributed by atoms with van der Waals surface area (Å²) in [6.07, 6.45) is 0.587. The maximum absolute atomic E-state index is 13.2. The Hall–Kier alpha value is -2.94. The lowest BCUT2D eigenvalue weighted by Gasteiger charge is -2.24. The van der Waals surface area contributed by atoms with E-state index < -0.39 is 11.3 Å². The number of nitrogens with one attached hydrogen (secondary N) is 1. The Kier molecular flexibility index (Phi) is 8.24. The fourth-order valence-corrected chi connectivity index (χ4v) is 3.63. The van der Waals surface area contributed by atoms with Crippen LogP contribution in [0.1, 0.15) is 66.5 Å². The second kappa shape index (κ2) is 10.3. The normalized spacial score (nSPS) is 12.8. The van der Waals surface area contributed by atoms with Crippen LogP contribution in [0.3, 0.4) is 0 Å². The van der Waals surface area contributed by atoms with Crippen LogP contribution in [0.4, 0.5) is 0 Å². The summed E-state index contributed by atoms with van der Waals surface area (Å²) < 4.78 is 5.69. The number of primary amides is 1. The van der Waals surface area contributed by atoms with E-state index in [2.05, 4.69) is 4.98 Å². The van der Waals surface area contributed by atoms with Gasteiger partial charge in [0.15, 0.2) is 17.3 Å². The van der Waals surface area contributed by atoms with Gasteiger partial charge in [-0.2, -0.15) is 0 Å². The number of nitrogens with two attached hydrogens (primary N) is 1. The molecular weight excluding hydrogens is 488 g/mol. The predicted molar refractivity (Wildman–Crippen MR) is 132 cm³/mol. The topological polar surface area (TPSA) is 130 Å². The van der Waals surface area contributed by atoms with E-state index in [0.29, 0.717) is 29.8 Å². The number of hydrogen-bond donors (Lipinski definition) is 3. The number of benzene rings is 1. The Morgan fingerprint density at radius 3 is 2.61 bits per heavy atom. The molecular formula is C24H31BrN4O4. The molecule has 1 amide bonds. The highest BCUT2D eigenvalue weighted by Crippen LogP contribution is 2.39. The smallest absolute Gasteiger partial charge is 0.217 e. The number of halogens is 1. The first kappa shape index (κ1) is 26.3. The summed E-state index contributed by atoms with van der Waals surface area (Å²) in [4.78, 5) is 30.2. The van der Waals surface area contributed by atoms with Crippen LogP contribution in [-0.4, -0.2) is 45.7 Å². The lowest BCUT2D eigenvalue weighted by atomic mass is 9.84. The number of nitrogens with zero attached hydrogens (tertiary/aromatic N) is 2. The molecule has 1 aliphatic rings. The highest BCUT2D eigenvalue weighted by Gasteiger charge is 2.29. The van der Waals surface area contributed by atoms with Gasteiger partial charge < -0.3 is 20.5 Å². The van der Waals surface area contributed by atoms with Gasteiger partial charge >= 0.3 is 0 Å². The number of aromatic hydroxyl groups is 1. The number of pyridine rings is 1. The number of aryl methyl sites for hydroxylation is 1. The fraction of sp³-hybridized carbons (Fsp3) is 0.417. The molecule has 1 aromatic heterocycles. The number of hydrogen-bond acceptors (Lipinski definition) is 6. The van der Waals surface area contributed by atoms with E-state index in [1.807, 2.05) is 39.8 Å². The minimum Gasteiger partial charge on any atom is -0.504 e. The third kappa shape index (κ3) is 6.10. The van der Waals surface area contributed by atoms with Crippen molar-refractivity contribution in [2.75, 3.05) is 13.2 Å².